The standard InChI is InChI=1S/C9H12FN3OS/c10-6-1-2-7(5-6)12-8(14)13-9-11-3-4-15-9/h3-4,6-7H,1-2,5H2,(H2,11,12,13,14)/t6-,7-/m1/s1. The van der Waals surface area contributed by atoms with E-state index in [0.717, 1.165) is 0 Å². The average Bonchev–Trinajstić information content (AvgIpc) is 2.77. The number of alkyl halides is 1. The summed E-state index contributed by atoms with van der Waals surface area (Å²) in [5.74, 6) is 0. The van der Waals surface area contributed by atoms with Crippen LogP contribution in [-0.4, -0.2) is 23.2 Å². The SMILES string of the molecule is O=C(Nc1nccs1)N[C@@H]1CC[C@@H](F)C1. The van der Waals surface area contributed by atoms with E-state index in [1.165, 1.54) is 11.3 Å². The Morgan fingerprint density at radius 1 is 1.60 bits per heavy atom. The van der Waals surface area contributed by atoms with E-state index in [2.05, 4.69) is 15.6 Å². The van der Waals surface area contributed by atoms with E-state index in [1.54, 1.807) is 11.6 Å². The smallest absolute Gasteiger partial charge is 0.321 e. The lowest BCUT2D eigenvalue weighted by Crippen LogP contribution is -2.36. The Kier molecular flexibility index (Phi) is 3.15. The Hall–Kier alpha value is -1.17. The van der Waals surface area contributed by atoms with Crippen LogP contribution in [0, 0.1) is 0 Å². The summed E-state index contributed by atoms with van der Waals surface area (Å²) in [6.45, 7) is 0. The number of amides is 2. The van der Waals surface area contributed by atoms with E-state index in [4.69, 9.17) is 0 Å². The summed E-state index contributed by atoms with van der Waals surface area (Å²) in [6.07, 6.45) is 2.53. The van der Waals surface area contributed by atoms with Crippen molar-refractivity contribution in [1.82, 2.24) is 10.3 Å². The maximum atomic E-state index is 12.8. The van der Waals surface area contributed by atoms with Gasteiger partial charge in [0.15, 0.2) is 5.13 Å². The van der Waals surface area contributed by atoms with E-state index < -0.39 is 6.17 Å². The van der Waals surface area contributed by atoms with E-state index in [0.29, 0.717) is 24.4 Å². The number of carbonyl (C=O) groups is 1. The summed E-state index contributed by atoms with van der Waals surface area (Å²) in [5, 5.41) is 7.66. The van der Waals surface area contributed by atoms with Crippen molar-refractivity contribution in [3.8, 4) is 0 Å². The van der Waals surface area contributed by atoms with Gasteiger partial charge in [-0.15, -0.1) is 11.3 Å². The monoisotopic (exact) mass is 229 g/mol. The van der Waals surface area contributed by atoms with Crippen LogP contribution in [0.2, 0.25) is 0 Å². The number of hydrogen-bond acceptors (Lipinski definition) is 3. The van der Waals surface area contributed by atoms with Crippen molar-refractivity contribution in [3.05, 3.63) is 11.6 Å². The highest BCUT2D eigenvalue weighted by atomic mass is 32.1. The van der Waals surface area contributed by atoms with Gasteiger partial charge in [0.05, 0.1) is 0 Å². The number of nitrogens with zero attached hydrogens (tertiary/aromatic N) is 1. The fourth-order valence-corrected chi connectivity index (χ4v) is 2.19. The summed E-state index contributed by atoms with van der Waals surface area (Å²) in [6, 6.07) is -0.344. The van der Waals surface area contributed by atoms with Crippen LogP contribution >= 0.6 is 11.3 Å². The van der Waals surface area contributed by atoms with Crippen LogP contribution < -0.4 is 10.6 Å². The van der Waals surface area contributed by atoms with Gasteiger partial charge in [-0.3, -0.25) is 5.32 Å². The number of nitrogens with one attached hydrogen (secondary N) is 2. The van der Waals surface area contributed by atoms with Gasteiger partial charge in [-0.25, -0.2) is 14.2 Å². The van der Waals surface area contributed by atoms with E-state index >= 15 is 0 Å². The van der Waals surface area contributed by atoms with Crippen molar-refractivity contribution in [2.45, 2.75) is 31.5 Å². The molecule has 1 aliphatic carbocycles. The highest BCUT2D eigenvalue weighted by Gasteiger charge is 2.25. The van der Waals surface area contributed by atoms with Gasteiger partial charge in [0.1, 0.15) is 6.17 Å². The lowest BCUT2D eigenvalue weighted by molar-refractivity contribution is 0.247. The molecule has 2 amide bonds. The Morgan fingerprint density at radius 2 is 2.47 bits per heavy atom. The third kappa shape index (κ3) is 2.89. The zero-order chi connectivity index (χ0) is 10.7. The molecule has 0 radical (unpaired) electrons. The molecule has 0 aliphatic heterocycles. The van der Waals surface area contributed by atoms with Crippen LogP contribution in [0.25, 0.3) is 0 Å². The molecule has 0 aromatic carbocycles. The van der Waals surface area contributed by atoms with Crippen molar-refractivity contribution in [2.24, 2.45) is 0 Å². The number of rotatable bonds is 2. The molecule has 1 fully saturated rings. The fraction of sp³-hybridized carbons (Fsp3) is 0.556. The highest BCUT2D eigenvalue weighted by Crippen LogP contribution is 2.21. The molecule has 2 rings (SSSR count). The molecular formula is C9H12FN3OS. The first-order valence-corrected chi connectivity index (χ1v) is 5.73. The summed E-state index contributed by atoms with van der Waals surface area (Å²) in [5.41, 5.74) is 0. The number of anilines is 1. The van der Waals surface area contributed by atoms with Crippen molar-refractivity contribution >= 4 is 22.5 Å². The lowest BCUT2D eigenvalue weighted by Gasteiger charge is -2.11. The van der Waals surface area contributed by atoms with Gasteiger partial charge in [-0.1, -0.05) is 0 Å². The number of thiazole rings is 1. The van der Waals surface area contributed by atoms with E-state index in [1.807, 2.05) is 0 Å². The first-order valence-electron chi connectivity index (χ1n) is 4.85. The van der Waals surface area contributed by atoms with Gasteiger partial charge in [0, 0.05) is 17.6 Å². The van der Waals surface area contributed by atoms with Crippen molar-refractivity contribution in [3.63, 3.8) is 0 Å². The molecule has 82 valence electrons. The number of halogens is 1. The van der Waals surface area contributed by atoms with Crippen LogP contribution in [-0.2, 0) is 0 Å². The summed E-state index contributed by atoms with van der Waals surface area (Å²) in [4.78, 5) is 15.3. The first kappa shape index (κ1) is 10.4. The molecule has 0 unspecified atom stereocenters. The zero-order valence-electron chi connectivity index (χ0n) is 8.07. The van der Waals surface area contributed by atoms with Gasteiger partial charge in [0.25, 0.3) is 0 Å². The summed E-state index contributed by atoms with van der Waals surface area (Å²) < 4.78 is 12.8. The minimum absolute atomic E-state index is 0.0417. The molecule has 2 N–H and O–H groups in total. The van der Waals surface area contributed by atoms with Gasteiger partial charge < -0.3 is 5.32 Å². The van der Waals surface area contributed by atoms with Gasteiger partial charge in [0.2, 0.25) is 0 Å². The first-order chi connectivity index (χ1) is 7.24. The molecule has 0 bridgehead atoms. The summed E-state index contributed by atoms with van der Waals surface area (Å²) in [7, 11) is 0. The lowest BCUT2D eigenvalue weighted by atomic mass is 10.2. The van der Waals surface area contributed by atoms with Crippen LogP contribution in [0.5, 0.6) is 0 Å². The second-order valence-electron chi connectivity index (χ2n) is 3.54. The molecule has 15 heavy (non-hydrogen) atoms. The normalized spacial score (nSPS) is 25.1. The van der Waals surface area contributed by atoms with Crippen molar-refractivity contribution < 1.29 is 9.18 Å². The van der Waals surface area contributed by atoms with Gasteiger partial charge in [-0.2, -0.15) is 0 Å². The molecule has 1 saturated carbocycles. The summed E-state index contributed by atoms with van der Waals surface area (Å²) >= 11 is 1.35. The molecule has 1 aliphatic rings. The molecule has 0 spiro atoms. The average molecular weight is 229 g/mol. The quantitative estimate of drug-likeness (QED) is 0.816. The Labute approximate surface area is 90.9 Å². The van der Waals surface area contributed by atoms with Crippen LogP contribution in [0.3, 0.4) is 0 Å². The van der Waals surface area contributed by atoms with Crippen LogP contribution in [0.1, 0.15) is 19.3 Å². The Bertz CT molecular complexity index is 330. The molecule has 0 saturated heterocycles. The van der Waals surface area contributed by atoms with Gasteiger partial charge >= 0.3 is 6.03 Å². The third-order valence-electron chi connectivity index (χ3n) is 2.36. The largest absolute Gasteiger partial charge is 0.335 e. The van der Waals surface area contributed by atoms with Crippen molar-refractivity contribution in [1.29, 1.82) is 0 Å². The number of urea groups is 1. The van der Waals surface area contributed by atoms with E-state index in [-0.39, 0.29) is 12.1 Å². The third-order valence-corrected chi connectivity index (χ3v) is 3.05. The molecule has 1 aromatic heterocycles. The fourth-order valence-electron chi connectivity index (χ4n) is 1.66. The molecule has 6 heteroatoms. The number of carbonyl (C=O) groups excluding carboxylic acids is 1. The highest BCUT2D eigenvalue weighted by molar-refractivity contribution is 7.13. The van der Waals surface area contributed by atoms with Crippen LogP contribution in [0.15, 0.2) is 11.6 Å². The maximum absolute atomic E-state index is 12.8. The molecule has 4 nitrogen and oxygen atoms in total. The zero-order valence-corrected chi connectivity index (χ0v) is 8.89. The number of hydrogen-bond donors (Lipinski definition) is 2. The topological polar surface area (TPSA) is 54.0 Å². The molecule has 2 atom stereocenters. The Morgan fingerprint density at radius 3 is 3.07 bits per heavy atom. The maximum Gasteiger partial charge on any atom is 0.321 e. The molecule has 1 heterocycles. The second kappa shape index (κ2) is 4.57. The van der Waals surface area contributed by atoms with Crippen molar-refractivity contribution in [2.75, 3.05) is 5.32 Å². The molecular weight excluding hydrogens is 217 g/mol. The predicted molar refractivity (Wildman–Crippen MR) is 56.8 cm³/mol. The molecule has 1 aromatic rings. The Balaban J connectivity index is 1.78. The van der Waals surface area contributed by atoms with Crippen LogP contribution in [0.4, 0.5) is 14.3 Å². The minimum atomic E-state index is -0.768. The van der Waals surface area contributed by atoms with E-state index in [9.17, 15) is 9.18 Å². The second-order valence-corrected chi connectivity index (χ2v) is 4.44. The van der Waals surface area contributed by atoms with Gasteiger partial charge in [-0.05, 0) is 19.3 Å². The number of aromatic nitrogens is 1. The minimum Gasteiger partial charge on any atom is -0.335 e. The predicted octanol–water partition coefficient (Wildman–Crippen LogP) is 2.16.